The van der Waals surface area contributed by atoms with Crippen molar-refractivity contribution < 1.29 is 18.3 Å². The van der Waals surface area contributed by atoms with Gasteiger partial charge >= 0.3 is 6.61 Å². The standard InChI is InChI=1S/C15H16ClF2N3O2/c1-8-4-5-11(12(6-8)23-15(17)18)19-13(22)7-21-10(3)14(16)9(2)20-21/h4-6,15H,7H2,1-3H3,(H,19,22). The van der Waals surface area contributed by atoms with Gasteiger partial charge in [-0.05, 0) is 38.5 Å². The highest BCUT2D eigenvalue weighted by atomic mass is 35.5. The third-order valence-corrected chi connectivity index (χ3v) is 3.76. The highest BCUT2D eigenvalue weighted by Crippen LogP contribution is 2.27. The molecule has 1 aromatic heterocycles. The molecule has 1 N–H and O–H groups in total. The zero-order chi connectivity index (χ0) is 17.1. The van der Waals surface area contributed by atoms with Gasteiger partial charge in [0.1, 0.15) is 12.3 Å². The predicted molar refractivity (Wildman–Crippen MR) is 83.2 cm³/mol. The number of rotatable bonds is 5. The molecule has 1 heterocycles. The Morgan fingerprint density at radius 3 is 2.65 bits per heavy atom. The van der Waals surface area contributed by atoms with Crippen molar-refractivity contribution >= 4 is 23.2 Å². The lowest BCUT2D eigenvalue weighted by Gasteiger charge is -2.13. The number of nitrogens with one attached hydrogen (secondary N) is 1. The molecule has 0 bridgehead atoms. The highest BCUT2D eigenvalue weighted by Gasteiger charge is 2.15. The molecular formula is C15H16ClF2N3O2. The number of amides is 1. The van der Waals surface area contributed by atoms with Crippen molar-refractivity contribution in [3.05, 3.63) is 40.2 Å². The largest absolute Gasteiger partial charge is 0.433 e. The molecule has 1 aromatic carbocycles. The fourth-order valence-electron chi connectivity index (χ4n) is 2.08. The first-order chi connectivity index (χ1) is 10.8. The second kappa shape index (κ2) is 6.95. The Labute approximate surface area is 137 Å². The van der Waals surface area contributed by atoms with E-state index in [1.807, 2.05) is 0 Å². The number of hydrogen-bond donors (Lipinski definition) is 1. The lowest BCUT2D eigenvalue weighted by molar-refractivity contribution is -0.117. The van der Waals surface area contributed by atoms with Crippen molar-refractivity contribution in [1.29, 1.82) is 0 Å². The summed E-state index contributed by atoms with van der Waals surface area (Å²) in [6, 6.07) is 4.63. The van der Waals surface area contributed by atoms with E-state index in [0.717, 1.165) is 5.56 Å². The van der Waals surface area contributed by atoms with Crippen LogP contribution in [0.2, 0.25) is 5.02 Å². The zero-order valence-electron chi connectivity index (χ0n) is 12.9. The summed E-state index contributed by atoms with van der Waals surface area (Å²) in [4.78, 5) is 12.1. The SMILES string of the molecule is Cc1ccc(NC(=O)Cn2nc(C)c(Cl)c2C)c(OC(F)F)c1. The summed E-state index contributed by atoms with van der Waals surface area (Å²) in [5.74, 6) is -0.505. The van der Waals surface area contributed by atoms with E-state index >= 15 is 0 Å². The molecule has 0 radical (unpaired) electrons. The molecule has 0 fully saturated rings. The molecule has 124 valence electrons. The van der Waals surface area contributed by atoms with Crippen LogP contribution in [0.25, 0.3) is 0 Å². The number of halogens is 3. The highest BCUT2D eigenvalue weighted by molar-refractivity contribution is 6.31. The average molecular weight is 344 g/mol. The van der Waals surface area contributed by atoms with Crippen LogP contribution in [0.15, 0.2) is 18.2 Å². The number of hydrogen-bond acceptors (Lipinski definition) is 3. The number of nitrogens with zero attached hydrogens (tertiary/aromatic N) is 2. The molecule has 5 nitrogen and oxygen atoms in total. The van der Waals surface area contributed by atoms with Crippen molar-refractivity contribution in [3.8, 4) is 5.75 Å². The van der Waals surface area contributed by atoms with Crippen LogP contribution in [0.3, 0.4) is 0 Å². The average Bonchev–Trinajstić information content (AvgIpc) is 2.69. The minimum absolute atomic E-state index is 0.0820. The number of carbonyl (C=O) groups excluding carboxylic acids is 1. The molecule has 2 aromatic rings. The molecule has 0 unspecified atom stereocenters. The summed E-state index contributed by atoms with van der Waals surface area (Å²) in [6.07, 6.45) is 0. The van der Waals surface area contributed by atoms with Gasteiger partial charge in [0.2, 0.25) is 5.91 Å². The number of aromatic nitrogens is 2. The number of ether oxygens (including phenoxy) is 1. The van der Waals surface area contributed by atoms with Gasteiger partial charge in [0.25, 0.3) is 0 Å². The lowest BCUT2D eigenvalue weighted by atomic mass is 10.2. The third-order valence-electron chi connectivity index (χ3n) is 3.21. The van der Waals surface area contributed by atoms with E-state index in [-0.39, 0.29) is 18.0 Å². The smallest absolute Gasteiger partial charge is 0.387 e. The van der Waals surface area contributed by atoms with Crippen LogP contribution in [0.1, 0.15) is 17.0 Å². The van der Waals surface area contributed by atoms with Crippen LogP contribution in [0, 0.1) is 20.8 Å². The van der Waals surface area contributed by atoms with Crippen LogP contribution in [0.4, 0.5) is 14.5 Å². The van der Waals surface area contributed by atoms with E-state index in [0.29, 0.717) is 16.4 Å². The second-order valence-corrected chi connectivity index (χ2v) is 5.45. The number of anilines is 1. The van der Waals surface area contributed by atoms with E-state index < -0.39 is 12.5 Å². The molecule has 0 aliphatic rings. The van der Waals surface area contributed by atoms with Crippen LogP contribution in [0.5, 0.6) is 5.75 Å². The number of carbonyl (C=O) groups is 1. The topological polar surface area (TPSA) is 56.2 Å². The molecule has 0 aliphatic heterocycles. The maximum absolute atomic E-state index is 12.5. The van der Waals surface area contributed by atoms with E-state index in [4.69, 9.17) is 11.6 Å². The van der Waals surface area contributed by atoms with E-state index in [2.05, 4.69) is 15.2 Å². The van der Waals surface area contributed by atoms with Gasteiger partial charge < -0.3 is 10.1 Å². The molecule has 1 amide bonds. The van der Waals surface area contributed by atoms with Crippen LogP contribution in [-0.4, -0.2) is 22.3 Å². The van der Waals surface area contributed by atoms with Crippen molar-refractivity contribution in [1.82, 2.24) is 9.78 Å². The fraction of sp³-hybridized carbons (Fsp3) is 0.333. The molecule has 2 rings (SSSR count). The maximum Gasteiger partial charge on any atom is 0.387 e. The zero-order valence-corrected chi connectivity index (χ0v) is 13.6. The molecule has 8 heteroatoms. The van der Waals surface area contributed by atoms with Gasteiger partial charge in [-0.1, -0.05) is 17.7 Å². The minimum atomic E-state index is -2.97. The van der Waals surface area contributed by atoms with Crippen molar-refractivity contribution in [2.45, 2.75) is 33.9 Å². The fourth-order valence-corrected chi connectivity index (χ4v) is 2.22. The summed E-state index contributed by atoms with van der Waals surface area (Å²) >= 11 is 6.02. The first-order valence-corrected chi connectivity index (χ1v) is 7.20. The van der Waals surface area contributed by atoms with E-state index in [1.54, 1.807) is 26.8 Å². The van der Waals surface area contributed by atoms with Gasteiger partial charge in [0.15, 0.2) is 0 Å². The van der Waals surface area contributed by atoms with Gasteiger partial charge in [0, 0.05) is 0 Å². The first-order valence-electron chi connectivity index (χ1n) is 6.82. The van der Waals surface area contributed by atoms with Crippen molar-refractivity contribution in [2.24, 2.45) is 0 Å². The lowest BCUT2D eigenvalue weighted by Crippen LogP contribution is -2.21. The summed E-state index contributed by atoms with van der Waals surface area (Å²) in [7, 11) is 0. The van der Waals surface area contributed by atoms with Crippen LogP contribution < -0.4 is 10.1 Å². The van der Waals surface area contributed by atoms with Gasteiger partial charge in [-0.2, -0.15) is 13.9 Å². The molecule has 0 saturated heterocycles. The Morgan fingerprint density at radius 1 is 1.39 bits per heavy atom. The normalized spacial score (nSPS) is 10.9. The Bertz CT molecular complexity index is 732. The van der Waals surface area contributed by atoms with Gasteiger partial charge in [-0.3, -0.25) is 9.48 Å². The number of alkyl halides is 2. The van der Waals surface area contributed by atoms with Crippen molar-refractivity contribution in [3.63, 3.8) is 0 Å². The molecule has 0 spiro atoms. The van der Waals surface area contributed by atoms with Crippen molar-refractivity contribution in [2.75, 3.05) is 5.32 Å². The maximum atomic E-state index is 12.5. The van der Waals surface area contributed by atoms with Crippen LogP contribution in [-0.2, 0) is 11.3 Å². The monoisotopic (exact) mass is 343 g/mol. The summed E-state index contributed by atoms with van der Waals surface area (Å²) in [5.41, 5.74) is 2.19. The molecule has 0 saturated carbocycles. The quantitative estimate of drug-likeness (QED) is 0.900. The predicted octanol–water partition coefficient (Wildman–Crippen LogP) is 3.70. The van der Waals surface area contributed by atoms with Crippen LogP contribution >= 0.6 is 11.6 Å². The van der Waals surface area contributed by atoms with Gasteiger partial charge in [0.05, 0.1) is 22.1 Å². The summed E-state index contributed by atoms with van der Waals surface area (Å²) in [6.45, 7) is 2.16. The Kier molecular flexibility index (Phi) is 5.20. The first kappa shape index (κ1) is 17.2. The molecule has 0 atom stereocenters. The van der Waals surface area contributed by atoms with Gasteiger partial charge in [-0.25, -0.2) is 0 Å². The minimum Gasteiger partial charge on any atom is -0.433 e. The number of aryl methyl sites for hydroxylation is 2. The Morgan fingerprint density at radius 2 is 2.09 bits per heavy atom. The third kappa shape index (κ3) is 4.19. The molecule has 0 aliphatic carbocycles. The Balaban J connectivity index is 2.15. The summed E-state index contributed by atoms with van der Waals surface area (Å²) < 4.78 is 30.8. The molecule has 23 heavy (non-hydrogen) atoms. The Hall–Kier alpha value is -2.15. The number of benzene rings is 1. The van der Waals surface area contributed by atoms with E-state index in [9.17, 15) is 13.6 Å². The van der Waals surface area contributed by atoms with E-state index in [1.165, 1.54) is 16.8 Å². The summed E-state index contributed by atoms with van der Waals surface area (Å²) in [5, 5.41) is 7.19. The van der Waals surface area contributed by atoms with Gasteiger partial charge in [-0.15, -0.1) is 0 Å². The molecular weight excluding hydrogens is 328 g/mol. The second-order valence-electron chi connectivity index (χ2n) is 5.07.